The Kier molecular flexibility index (Phi) is 4.12. The van der Waals surface area contributed by atoms with E-state index in [9.17, 15) is 4.79 Å². The number of aromatic nitrogens is 2. The molecule has 0 aliphatic rings. The molecular formula is C17H12ClN3O. The second-order valence-electron chi connectivity index (χ2n) is 4.57. The molecule has 3 aromatic rings. The smallest absolute Gasteiger partial charge is 0.256 e. The van der Waals surface area contributed by atoms with Gasteiger partial charge in [-0.05, 0) is 24.3 Å². The number of hydrogen-bond donors (Lipinski definition) is 1. The first-order valence-electron chi connectivity index (χ1n) is 6.67. The van der Waals surface area contributed by atoms with Crippen molar-refractivity contribution in [2.75, 3.05) is 5.32 Å². The van der Waals surface area contributed by atoms with Crippen LogP contribution in [-0.2, 0) is 0 Å². The number of para-hydroxylation sites is 1. The lowest BCUT2D eigenvalue weighted by atomic mass is 10.0. The zero-order chi connectivity index (χ0) is 15.4. The van der Waals surface area contributed by atoms with E-state index < -0.39 is 0 Å². The first-order valence-corrected chi connectivity index (χ1v) is 7.05. The van der Waals surface area contributed by atoms with Crippen molar-refractivity contribution in [2.24, 2.45) is 0 Å². The summed E-state index contributed by atoms with van der Waals surface area (Å²) < 4.78 is 0. The lowest BCUT2D eigenvalue weighted by Gasteiger charge is -2.10. The summed E-state index contributed by atoms with van der Waals surface area (Å²) >= 11 is 6.08. The molecule has 0 saturated heterocycles. The molecule has 0 radical (unpaired) electrons. The van der Waals surface area contributed by atoms with Crippen LogP contribution in [0.4, 0.5) is 5.69 Å². The molecule has 0 fully saturated rings. The highest BCUT2D eigenvalue weighted by molar-refractivity contribution is 6.34. The summed E-state index contributed by atoms with van der Waals surface area (Å²) in [4.78, 5) is 20.6. The predicted molar refractivity (Wildman–Crippen MR) is 86.9 cm³/mol. The Hall–Kier alpha value is -2.72. The van der Waals surface area contributed by atoms with Gasteiger partial charge in [0.1, 0.15) is 6.33 Å². The standard InChI is InChI=1S/C17H12ClN3O/c18-14-7-3-4-8-16(14)21-17(22)13-6-2-1-5-12(13)15-9-10-19-11-20-15/h1-11H,(H,21,22). The van der Waals surface area contributed by atoms with E-state index in [1.807, 2.05) is 30.3 Å². The highest BCUT2D eigenvalue weighted by Gasteiger charge is 2.14. The summed E-state index contributed by atoms with van der Waals surface area (Å²) in [6.07, 6.45) is 3.10. The van der Waals surface area contributed by atoms with Gasteiger partial charge in [-0.2, -0.15) is 0 Å². The fourth-order valence-corrected chi connectivity index (χ4v) is 2.29. The van der Waals surface area contributed by atoms with E-state index >= 15 is 0 Å². The fourth-order valence-electron chi connectivity index (χ4n) is 2.11. The third-order valence-corrected chi connectivity index (χ3v) is 3.48. The summed E-state index contributed by atoms with van der Waals surface area (Å²) in [6.45, 7) is 0. The molecule has 0 atom stereocenters. The number of benzene rings is 2. The Labute approximate surface area is 132 Å². The highest BCUT2D eigenvalue weighted by atomic mass is 35.5. The van der Waals surface area contributed by atoms with Crippen molar-refractivity contribution < 1.29 is 4.79 Å². The summed E-state index contributed by atoms with van der Waals surface area (Å²) in [7, 11) is 0. The number of halogens is 1. The maximum Gasteiger partial charge on any atom is 0.256 e. The van der Waals surface area contributed by atoms with Crippen molar-refractivity contribution in [3.05, 3.63) is 77.7 Å². The number of anilines is 1. The highest BCUT2D eigenvalue weighted by Crippen LogP contribution is 2.25. The summed E-state index contributed by atoms with van der Waals surface area (Å²) in [5.41, 5.74) is 2.54. The van der Waals surface area contributed by atoms with Crippen molar-refractivity contribution >= 4 is 23.2 Å². The Balaban J connectivity index is 1.96. The second-order valence-corrected chi connectivity index (χ2v) is 4.98. The van der Waals surface area contributed by atoms with Gasteiger partial charge in [0, 0.05) is 17.3 Å². The van der Waals surface area contributed by atoms with Gasteiger partial charge in [-0.15, -0.1) is 0 Å². The number of carbonyl (C=O) groups is 1. The molecule has 0 aliphatic heterocycles. The van der Waals surface area contributed by atoms with Crippen LogP contribution in [0.1, 0.15) is 10.4 Å². The Morgan fingerprint density at radius 1 is 1.00 bits per heavy atom. The van der Waals surface area contributed by atoms with Crippen LogP contribution in [0.3, 0.4) is 0 Å². The van der Waals surface area contributed by atoms with Crippen LogP contribution in [0.2, 0.25) is 5.02 Å². The summed E-state index contributed by atoms with van der Waals surface area (Å²) in [5, 5.41) is 3.32. The van der Waals surface area contributed by atoms with Crippen LogP contribution >= 0.6 is 11.6 Å². The second kappa shape index (κ2) is 6.37. The van der Waals surface area contributed by atoms with Gasteiger partial charge in [0.05, 0.1) is 16.4 Å². The molecule has 0 bridgehead atoms. The molecule has 2 aromatic carbocycles. The zero-order valence-corrected chi connectivity index (χ0v) is 12.3. The van der Waals surface area contributed by atoms with Crippen molar-refractivity contribution in [1.29, 1.82) is 0 Å². The molecule has 5 heteroatoms. The molecular weight excluding hydrogens is 298 g/mol. The van der Waals surface area contributed by atoms with Crippen molar-refractivity contribution in [2.45, 2.75) is 0 Å². The number of hydrogen-bond acceptors (Lipinski definition) is 3. The topological polar surface area (TPSA) is 54.9 Å². The lowest BCUT2D eigenvalue weighted by Crippen LogP contribution is -2.13. The maximum absolute atomic E-state index is 12.5. The van der Waals surface area contributed by atoms with Gasteiger partial charge in [-0.1, -0.05) is 41.9 Å². The van der Waals surface area contributed by atoms with Crippen LogP contribution in [0.25, 0.3) is 11.3 Å². The van der Waals surface area contributed by atoms with E-state index in [-0.39, 0.29) is 5.91 Å². The van der Waals surface area contributed by atoms with Gasteiger partial charge >= 0.3 is 0 Å². The number of nitrogens with one attached hydrogen (secondary N) is 1. The fraction of sp³-hybridized carbons (Fsp3) is 0. The molecule has 3 rings (SSSR count). The Morgan fingerprint density at radius 2 is 1.77 bits per heavy atom. The van der Waals surface area contributed by atoms with Crippen LogP contribution < -0.4 is 5.32 Å². The average Bonchev–Trinajstić information content (AvgIpc) is 2.58. The number of nitrogens with zero attached hydrogens (tertiary/aromatic N) is 2. The molecule has 1 amide bonds. The quantitative estimate of drug-likeness (QED) is 0.794. The minimum Gasteiger partial charge on any atom is -0.321 e. The minimum absolute atomic E-state index is 0.234. The van der Waals surface area contributed by atoms with Crippen molar-refractivity contribution in [3.8, 4) is 11.3 Å². The molecule has 22 heavy (non-hydrogen) atoms. The van der Waals surface area contributed by atoms with E-state index in [0.717, 1.165) is 5.56 Å². The van der Waals surface area contributed by atoms with E-state index in [2.05, 4.69) is 15.3 Å². The van der Waals surface area contributed by atoms with Crippen LogP contribution in [0, 0.1) is 0 Å². The van der Waals surface area contributed by atoms with Crippen LogP contribution in [0.5, 0.6) is 0 Å². The minimum atomic E-state index is -0.234. The molecule has 0 aliphatic carbocycles. The first kappa shape index (κ1) is 14.2. The predicted octanol–water partition coefficient (Wildman–Crippen LogP) is 4.05. The summed E-state index contributed by atoms with van der Waals surface area (Å²) in [6, 6.07) is 16.2. The molecule has 4 nitrogen and oxygen atoms in total. The SMILES string of the molecule is O=C(Nc1ccccc1Cl)c1ccccc1-c1ccncn1. The van der Waals surface area contributed by atoms with Gasteiger partial charge < -0.3 is 5.32 Å². The molecule has 1 aromatic heterocycles. The van der Waals surface area contributed by atoms with Crippen molar-refractivity contribution in [3.63, 3.8) is 0 Å². The largest absolute Gasteiger partial charge is 0.321 e. The third-order valence-electron chi connectivity index (χ3n) is 3.15. The maximum atomic E-state index is 12.5. The van der Waals surface area contributed by atoms with Gasteiger partial charge in [0.2, 0.25) is 0 Å². The zero-order valence-electron chi connectivity index (χ0n) is 11.5. The van der Waals surface area contributed by atoms with Gasteiger partial charge in [-0.25, -0.2) is 9.97 Å². The molecule has 0 spiro atoms. The molecule has 108 valence electrons. The molecule has 1 heterocycles. The average molecular weight is 310 g/mol. The van der Waals surface area contributed by atoms with Crippen LogP contribution in [-0.4, -0.2) is 15.9 Å². The summed E-state index contributed by atoms with van der Waals surface area (Å²) in [5.74, 6) is -0.234. The van der Waals surface area contributed by atoms with Crippen LogP contribution in [0.15, 0.2) is 67.1 Å². The first-order chi connectivity index (χ1) is 10.8. The Bertz CT molecular complexity index is 806. The molecule has 0 unspecified atom stereocenters. The van der Waals surface area contributed by atoms with E-state index in [4.69, 9.17) is 11.6 Å². The van der Waals surface area contributed by atoms with Gasteiger partial charge in [0.25, 0.3) is 5.91 Å². The molecule has 0 saturated carbocycles. The monoisotopic (exact) mass is 309 g/mol. The van der Waals surface area contributed by atoms with Crippen molar-refractivity contribution in [1.82, 2.24) is 9.97 Å². The van der Waals surface area contributed by atoms with Gasteiger partial charge in [0.15, 0.2) is 0 Å². The lowest BCUT2D eigenvalue weighted by molar-refractivity contribution is 0.102. The van der Waals surface area contributed by atoms with Gasteiger partial charge in [-0.3, -0.25) is 4.79 Å². The van der Waals surface area contributed by atoms with E-state index in [1.54, 1.807) is 30.5 Å². The number of amides is 1. The normalized spacial score (nSPS) is 10.2. The third kappa shape index (κ3) is 2.97. The molecule has 1 N–H and O–H groups in total. The number of carbonyl (C=O) groups excluding carboxylic acids is 1. The Morgan fingerprint density at radius 3 is 2.55 bits per heavy atom. The van der Waals surface area contributed by atoms with E-state index in [1.165, 1.54) is 6.33 Å². The van der Waals surface area contributed by atoms with E-state index in [0.29, 0.717) is 22.0 Å². The number of rotatable bonds is 3.